The Bertz CT molecular complexity index is 595. The average Bonchev–Trinajstić information content (AvgIpc) is 2.39. The molecule has 0 bridgehead atoms. The van der Waals surface area contributed by atoms with Gasteiger partial charge in [0.2, 0.25) is 0 Å². The molecule has 108 valence electrons. The van der Waals surface area contributed by atoms with E-state index in [9.17, 15) is 0 Å². The van der Waals surface area contributed by atoms with Crippen LogP contribution in [0, 0.1) is 0 Å². The van der Waals surface area contributed by atoms with Gasteiger partial charge in [0.15, 0.2) is 0 Å². The van der Waals surface area contributed by atoms with E-state index >= 15 is 0 Å². The molecule has 1 aromatic rings. The van der Waals surface area contributed by atoms with Crippen LogP contribution < -0.4 is 16.2 Å². The maximum Gasteiger partial charge on any atom is 0.149 e. The van der Waals surface area contributed by atoms with Crippen LogP contribution in [0.15, 0.2) is 35.7 Å². The van der Waals surface area contributed by atoms with Crippen molar-refractivity contribution in [2.75, 3.05) is 20.0 Å². The Morgan fingerprint density at radius 1 is 1.15 bits per heavy atom. The zero-order chi connectivity index (χ0) is 14.9. The molecule has 4 N–H and O–H groups in total. The average molecular weight is 315 g/mol. The molecule has 1 aliphatic carbocycles. The summed E-state index contributed by atoms with van der Waals surface area (Å²) in [5.74, 6) is 1.13. The van der Waals surface area contributed by atoms with Crippen molar-refractivity contribution < 1.29 is 9.47 Å². The van der Waals surface area contributed by atoms with E-state index in [-0.39, 0.29) is 6.42 Å². The standard InChI is InChI=1S/C14H16Cl2N2O2/c1-19-12-5-8(3-4-10(12)17)9-6-13(20-2)11(18)7-14(9,15)16/h3-6H,7,17-18H2,1-2H3. The summed E-state index contributed by atoms with van der Waals surface area (Å²) >= 11 is 12.8. The maximum absolute atomic E-state index is 6.38. The number of hydrogen-bond acceptors (Lipinski definition) is 4. The molecule has 0 aromatic heterocycles. The first-order valence-corrected chi connectivity index (χ1v) is 6.71. The number of anilines is 1. The molecule has 0 radical (unpaired) electrons. The molecule has 1 aromatic carbocycles. The molecule has 0 spiro atoms. The van der Waals surface area contributed by atoms with Crippen LogP contribution in [0.1, 0.15) is 12.0 Å². The lowest BCUT2D eigenvalue weighted by molar-refractivity contribution is 0.298. The van der Waals surface area contributed by atoms with Crippen molar-refractivity contribution >= 4 is 34.5 Å². The van der Waals surface area contributed by atoms with Crippen LogP contribution in [0.25, 0.3) is 5.57 Å². The lowest BCUT2D eigenvalue weighted by Crippen LogP contribution is -2.24. The van der Waals surface area contributed by atoms with E-state index in [1.165, 1.54) is 0 Å². The van der Waals surface area contributed by atoms with Gasteiger partial charge in [0.25, 0.3) is 0 Å². The maximum atomic E-state index is 6.38. The number of ether oxygens (including phenoxy) is 2. The van der Waals surface area contributed by atoms with Crippen LogP contribution in [0.5, 0.6) is 5.75 Å². The van der Waals surface area contributed by atoms with E-state index in [0.717, 1.165) is 5.56 Å². The molecule has 0 fully saturated rings. The van der Waals surface area contributed by atoms with Gasteiger partial charge in [-0.25, -0.2) is 0 Å². The number of nitrogen functional groups attached to an aromatic ring is 1. The number of halogens is 2. The third-order valence-electron chi connectivity index (χ3n) is 3.16. The van der Waals surface area contributed by atoms with Gasteiger partial charge in [0, 0.05) is 6.42 Å². The first-order valence-electron chi connectivity index (χ1n) is 5.95. The molecule has 2 rings (SSSR count). The predicted octanol–water partition coefficient (Wildman–Crippen LogP) is 3.06. The van der Waals surface area contributed by atoms with E-state index < -0.39 is 4.33 Å². The number of alkyl halides is 2. The smallest absolute Gasteiger partial charge is 0.149 e. The molecule has 4 nitrogen and oxygen atoms in total. The summed E-state index contributed by atoms with van der Waals surface area (Å²) < 4.78 is 9.33. The fourth-order valence-electron chi connectivity index (χ4n) is 2.11. The predicted molar refractivity (Wildman–Crippen MR) is 82.7 cm³/mol. The van der Waals surface area contributed by atoms with Crippen LogP contribution >= 0.6 is 23.2 Å². The Balaban J connectivity index is 2.54. The Hall–Kier alpha value is -1.52. The lowest BCUT2D eigenvalue weighted by atomic mass is 9.93. The Morgan fingerprint density at radius 2 is 1.85 bits per heavy atom. The summed E-state index contributed by atoms with van der Waals surface area (Å²) in [5.41, 5.74) is 14.3. The molecule has 20 heavy (non-hydrogen) atoms. The highest BCUT2D eigenvalue weighted by molar-refractivity contribution is 6.54. The van der Waals surface area contributed by atoms with E-state index in [0.29, 0.717) is 28.5 Å². The molecule has 0 unspecified atom stereocenters. The van der Waals surface area contributed by atoms with Crippen molar-refractivity contribution in [1.82, 2.24) is 0 Å². The van der Waals surface area contributed by atoms with Crippen molar-refractivity contribution in [3.05, 3.63) is 41.3 Å². The van der Waals surface area contributed by atoms with E-state index in [1.54, 1.807) is 32.4 Å². The summed E-state index contributed by atoms with van der Waals surface area (Å²) in [5, 5.41) is 0. The van der Waals surface area contributed by atoms with Crippen molar-refractivity contribution in [1.29, 1.82) is 0 Å². The summed E-state index contributed by atoms with van der Waals surface area (Å²) in [6.45, 7) is 0. The van der Waals surface area contributed by atoms with Gasteiger partial charge < -0.3 is 20.9 Å². The molecule has 0 saturated carbocycles. The van der Waals surface area contributed by atoms with Gasteiger partial charge in [-0.3, -0.25) is 0 Å². The molecule has 6 heteroatoms. The van der Waals surface area contributed by atoms with Gasteiger partial charge in [0.1, 0.15) is 15.8 Å². The normalized spacial score (nSPS) is 17.7. The molecule has 0 amide bonds. The highest BCUT2D eigenvalue weighted by Crippen LogP contribution is 2.46. The number of benzene rings is 1. The number of hydrogen-bond donors (Lipinski definition) is 2. The van der Waals surface area contributed by atoms with Crippen molar-refractivity contribution in [3.8, 4) is 5.75 Å². The zero-order valence-corrected chi connectivity index (χ0v) is 12.8. The molecule has 0 aliphatic heterocycles. The molecular weight excluding hydrogens is 299 g/mol. The van der Waals surface area contributed by atoms with Crippen LogP contribution in [-0.4, -0.2) is 18.6 Å². The number of methoxy groups -OCH3 is 2. The number of rotatable bonds is 3. The Kier molecular flexibility index (Phi) is 4.06. The first kappa shape index (κ1) is 14.9. The van der Waals surface area contributed by atoms with Crippen LogP contribution in [0.3, 0.4) is 0 Å². The Labute approximate surface area is 127 Å². The fourth-order valence-corrected chi connectivity index (χ4v) is 2.73. The SMILES string of the molecule is COC1=C(N)CC(Cl)(Cl)C(c2ccc(N)c(OC)c2)=C1. The van der Waals surface area contributed by atoms with Gasteiger partial charge in [-0.2, -0.15) is 0 Å². The molecule has 0 atom stereocenters. The summed E-state index contributed by atoms with van der Waals surface area (Å²) in [4.78, 5) is 0. The quantitative estimate of drug-likeness (QED) is 0.664. The van der Waals surface area contributed by atoms with Gasteiger partial charge in [-0.15, -0.1) is 0 Å². The van der Waals surface area contributed by atoms with Crippen molar-refractivity contribution in [2.24, 2.45) is 5.73 Å². The van der Waals surface area contributed by atoms with Gasteiger partial charge in [-0.1, -0.05) is 29.3 Å². The zero-order valence-electron chi connectivity index (χ0n) is 11.2. The molecule has 1 aliphatic rings. The summed E-state index contributed by atoms with van der Waals surface area (Å²) in [6, 6.07) is 5.36. The van der Waals surface area contributed by atoms with E-state index in [4.69, 9.17) is 44.1 Å². The number of nitrogens with two attached hydrogens (primary N) is 2. The topological polar surface area (TPSA) is 70.5 Å². The van der Waals surface area contributed by atoms with E-state index in [1.807, 2.05) is 6.07 Å². The minimum atomic E-state index is -1.12. The molecule has 0 saturated heterocycles. The minimum absolute atomic E-state index is 0.289. The highest BCUT2D eigenvalue weighted by Gasteiger charge is 2.35. The summed E-state index contributed by atoms with van der Waals surface area (Å²) in [7, 11) is 3.10. The lowest BCUT2D eigenvalue weighted by Gasteiger charge is -2.29. The monoisotopic (exact) mass is 314 g/mol. The van der Waals surface area contributed by atoms with Crippen LogP contribution in [0.4, 0.5) is 5.69 Å². The number of allylic oxidation sites excluding steroid dienone is 3. The summed E-state index contributed by atoms with van der Waals surface area (Å²) in [6.07, 6.45) is 2.03. The first-order chi connectivity index (χ1) is 9.39. The third-order valence-corrected chi connectivity index (χ3v) is 3.84. The molecular formula is C14H16Cl2N2O2. The van der Waals surface area contributed by atoms with Gasteiger partial charge in [0.05, 0.1) is 25.6 Å². The van der Waals surface area contributed by atoms with Crippen LogP contribution in [0.2, 0.25) is 0 Å². The molecule has 0 heterocycles. The second kappa shape index (κ2) is 5.46. The van der Waals surface area contributed by atoms with E-state index in [2.05, 4.69) is 0 Å². The third kappa shape index (κ3) is 2.67. The van der Waals surface area contributed by atoms with Crippen molar-refractivity contribution in [2.45, 2.75) is 10.8 Å². The van der Waals surface area contributed by atoms with Crippen LogP contribution in [-0.2, 0) is 4.74 Å². The van der Waals surface area contributed by atoms with Gasteiger partial charge >= 0.3 is 0 Å². The Morgan fingerprint density at radius 3 is 2.45 bits per heavy atom. The van der Waals surface area contributed by atoms with Gasteiger partial charge in [-0.05, 0) is 29.3 Å². The second-order valence-corrected chi connectivity index (χ2v) is 5.97. The largest absolute Gasteiger partial charge is 0.495 e. The van der Waals surface area contributed by atoms with Crippen molar-refractivity contribution in [3.63, 3.8) is 0 Å². The highest BCUT2D eigenvalue weighted by atomic mass is 35.5. The minimum Gasteiger partial charge on any atom is -0.495 e. The second-order valence-electron chi connectivity index (χ2n) is 4.49. The fraction of sp³-hybridized carbons (Fsp3) is 0.286.